The Hall–Kier alpha value is -1.46. The van der Waals surface area contributed by atoms with Gasteiger partial charge in [0.05, 0.1) is 19.8 Å². The van der Waals surface area contributed by atoms with Crippen LogP contribution in [0.1, 0.15) is 31.7 Å². The summed E-state index contributed by atoms with van der Waals surface area (Å²) in [5, 5.41) is 3.39. The van der Waals surface area contributed by atoms with Crippen LogP contribution in [-0.4, -0.2) is 44.2 Å². The lowest BCUT2D eigenvalue weighted by atomic mass is 10.0. The molecule has 1 unspecified atom stereocenters. The molecule has 0 bridgehead atoms. The van der Waals surface area contributed by atoms with Crippen molar-refractivity contribution < 1.29 is 14.3 Å². The first kappa shape index (κ1) is 17.9. The normalized spacial score (nSPS) is 18.5. The molecule has 0 aromatic heterocycles. The summed E-state index contributed by atoms with van der Waals surface area (Å²) >= 11 is 6.40. The van der Waals surface area contributed by atoms with Crippen molar-refractivity contribution in [1.29, 1.82) is 0 Å². The zero-order valence-corrected chi connectivity index (χ0v) is 14.8. The first-order valence-corrected chi connectivity index (χ1v) is 8.43. The molecule has 0 spiro atoms. The van der Waals surface area contributed by atoms with E-state index >= 15 is 0 Å². The molecule has 1 aromatic carbocycles. The van der Waals surface area contributed by atoms with Gasteiger partial charge in [0.1, 0.15) is 0 Å². The van der Waals surface area contributed by atoms with Crippen LogP contribution >= 0.6 is 11.6 Å². The third kappa shape index (κ3) is 4.30. The highest BCUT2D eigenvalue weighted by Gasteiger charge is 2.28. The van der Waals surface area contributed by atoms with Crippen LogP contribution in [-0.2, 0) is 11.3 Å². The van der Waals surface area contributed by atoms with Crippen LogP contribution in [0.4, 0.5) is 0 Å². The van der Waals surface area contributed by atoms with E-state index in [1.165, 1.54) is 0 Å². The quantitative estimate of drug-likeness (QED) is 0.865. The Bertz CT molecular complexity index is 551. The molecule has 1 N–H and O–H groups in total. The van der Waals surface area contributed by atoms with Gasteiger partial charge in [-0.15, -0.1) is 0 Å². The Morgan fingerprint density at radius 3 is 2.83 bits per heavy atom. The van der Waals surface area contributed by atoms with E-state index < -0.39 is 0 Å². The summed E-state index contributed by atoms with van der Waals surface area (Å²) in [5.41, 5.74) is 0.951. The Morgan fingerprint density at radius 2 is 2.17 bits per heavy atom. The molecule has 1 aliphatic rings. The average Bonchev–Trinajstić information content (AvgIpc) is 2.57. The topological polar surface area (TPSA) is 50.8 Å². The molecule has 1 fully saturated rings. The van der Waals surface area contributed by atoms with Crippen molar-refractivity contribution in [2.24, 2.45) is 0 Å². The molecule has 1 amide bonds. The highest BCUT2D eigenvalue weighted by Crippen LogP contribution is 2.34. The van der Waals surface area contributed by atoms with E-state index in [-0.39, 0.29) is 11.9 Å². The second-order valence-corrected chi connectivity index (χ2v) is 6.03. The Balaban J connectivity index is 2.23. The van der Waals surface area contributed by atoms with Crippen LogP contribution in [0.2, 0.25) is 5.02 Å². The second kappa shape index (κ2) is 8.41. The SMILES string of the molecule is CCOc1cc(CN2CCCCC2C(=O)NC)c(Cl)cc1OC. The van der Waals surface area contributed by atoms with Crippen LogP contribution in [0.3, 0.4) is 0 Å². The van der Waals surface area contributed by atoms with E-state index in [9.17, 15) is 4.79 Å². The average molecular weight is 341 g/mol. The number of hydrogen-bond acceptors (Lipinski definition) is 4. The molecule has 128 valence electrons. The van der Waals surface area contributed by atoms with Crippen LogP contribution < -0.4 is 14.8 Å². The Morgan fingerprint density at radius 1 is 1.39 bits per heavy atom. The number of carbonyl (C=O) groups is 1. The first-order chi connectivity index (χ1) is 11.1. The molecule has 1 heterocycles. The molecule has 1 aromatic rings. The monoisotopic (exact) mass is 340 g/mol. The van der Waals surface area contributed by atoms with Crippen LogP contribution in [0.5, 0.6) is 11.5 Å². The van der Waals surface area contributed by atoms with Crippen molar-refractivity contribution in [1.82, 2.24) is 10.2 Å². The molecule has 0 radical (unpaired) electrons. The fourth-order valence-corrected chi connectivity index (χ4v) is 3.20. The number of likely N-dealkylation sites (tertiary alicyclic amines) is 1. The van der Waals surface area contributed by atoms with Crippen LogP contribution in [0, 0.1) is 0 Å². The van der Waals surface area contributed by atoms with Gasteiger partial charge in [0.15, 0.2) is 11.5 Å². The number of halogens is 1. The van der Waals surface area contributed by atoms with E-state index in [0.717, 1.165) is 31.4 Å². The lowest BCUT2D eigenvalue weighted by Gasteiger charge is -2.34. The van der Waals surface area contributed by atoms with Crippen LogP contribution in [0.15, 0.2) is 12.1 Å². The van der Waals surface area contributed by atoms with Crippen molar-refractivity contribution in [3.8, 4) is 11.5 Å². The third-order valence-corrected chi connectivity index (χ3v) is 4.52. The zero-order valence-electron chi connectivity index (χ0n) is 14.0. The summed E-state index contributed by atoms with van der Waals surface area (Å²) in [5.74, 6) is 1.38. The molecule has 2 rings (SSSR count). The minimum atomic E-state index is -0.0949. The fraction of sp³-hybridized carbons (Fsp3) is 0.588. The number of nitrogens with zero attached hydrogens (tertiary/aromatic N) is 1. The number of hydrogen-bond donors (Lipinski definition) is 1. The number of nitrogens with one attached hydrogen (secondary N) is 1. The number of methoxy groups -OCH3 is 1. The van der Waals surface area contributed by atoms with Crippen molar-refractivity contribution >= 4 is 17.5 Å². The number of amides is 1. The van der Waals surface area contributed by atoms with Gasteiger partial charge >= 0.3 is 0 Å². The first-order valence-electron chi connectivity index (χ1n) is 8.05. The van der Waals surface area contributed by atoms with E-state index in [1.807, 2.05) is 13.0 Å². The summed E-state index contributed by atoms with van der Waals surface area (Å²) in [4.78, 5) is 14.3. The molecule has 0 aliphatic carbocycles. The van der Waals surface area contributed by atoms with Gasteiger partial charge in [-0.3, -0.25) is 9.69 Å². The van der Waals surface area contributed by atoms with E-state index in [0.29, 0.717) is 29.7 Å². The largest absolute Gasteiger partial charge is 0.493 e. The van der Waals surface area contributed by atoms with Gasteiger partial charge in [-0.25, -0.2) is 0 Å². The van der Waals surface area contributed by atoms with Crippen molar-refractivity contribution in [3.63, 3.8) is 0 Å². The van der Waals surface area contributed by atoms with E-state index in [2.05, 4.69) is 10.2 Å². The standard InChI is InChI=1S/C17H25ClN2O3/c1-4-23-16-9-12(13(18)10-15(16)22-3)11-20-8-6-5-7-14(20)17(21)19-2/h9-10,14H,4-8,11H2,1-3H3,(H,19,21). The predicted molar refractivity (Wildman–Crippen MR) is 91.3 cm³/mol. The highest BCUT2D eigenvalue weighted by atomic mass is 35.5. The Labute approximate surface area is 142 Å². The van der Waals surface area contributed by atoms with Gasteiger partial charge in [-0.2, -0.15) is 0 Å². The predicted octanol–water partition coefficient (Wildman–Crippen LogP) is 2.85. The number of piperidine rings is 1. The molecular formula is C17H25ClN2O3. The maximum atomic E-state index is 12.1. The van der Waals surface area contributed by atoms with Crippen molar-refractivity contribution in [3.05, 3.63) is 22.7 Å². The van der Waals surface area contributed by atoms with Gasteiger partial charge in [0.25, 0.3) is 0 Å². The van der Waals surface area contributed by atoms with Gasteiger partial charge in [-0.05, 0) is 37.9 Å². The molecule has 5 nitrogen and oxygen atoms in total. The third-order valence-electron chi connectivity index (χ3n) is 4.17. The molecular weight excluding hydrogens is 316 g/mol. The van der Waals surface area contributed by atoms with E-state index in [4.69, 9.17) is 21.1 Å². The molecule has 1 saturated heterocycles. The summed E-state index contributed by atoms with van der Waals surface area (Å²) in [6.45, 7) is 4.01. The maximum absolute atomic E-state index is 12.1. The minimum absolute atomic E-state index is 0.0689. The summed E-state index contributed by atoms with van der Waals surface area (Å²) in [7, 11) is 3.28. The van der Waals surface area contributed by atoms with Gasteiger partial charge < -0.3 is 14.8 Å². The van der Waals surface area contributed by atoms with Gasteiger partial charge in [0, 0.05) is 24.7 Å². The Kier molecular flexibility index (Phi) is 6.54. The van der Waals surface area contributed by atoms with Crippen molar-refractivity contribution in [2.45, 2.75) is 38.8 Å². The van der Waals surface area contributed by atoms with Crippen LogP contribution in [0.25, 0.3) is 0 Å². The fourth-order valence-electron chi connectivity index (χ4n) is 2.99. The second-order valence-electron chi connectivity index (χ2n) is 5.62. The van der Waals surface area contributed by atoms with E-state index in [1.54, 1.807) is 20.2 Å². The zero-order chi connectivity index (χ0) is 16.8. The minimum Gasteiger partial charge on any atom is -0.493 e. The lowest BCUT2D eigenvalue weighted by Crippen LogP contribution is -2.48. The molecule has 6 heteroatoms. The molecule has 1 aliphatic heterocycles. The summed E-state index contributed by atoms with van der Waals surface area (Å²) in [6, 6.07) is 3.60. The number of carbonyl (C=O) groups excluding carboxylic acids is 1. The number of ether oxygens (including phenoxy) is 2. The molecule has 23 heavy (non-hydrogen) atoms. The highest BCUT2D eigenvalue weighted by molar-refractivity contribution is 6.31. The summed E-state index contributed by atoms with van der Waals surface area (Å²) in [6.07, 6.45) is 3.06. The van der Waals surface area contributed by atoms with Crippen molar-refractivity contribution in [2.75, 3.05) is 27.3 Å². The molecule has 0 saturated carbocycles. The maximum Gasteiger partial charge on any atom is 0.237 e. The van der Waals surface area contributed by atoms with Gasteiger partial charge in [0.2, 0.25) is 5.91 Å². The number of likely N-dealkylation sites (N-methyl/N-ethyl adjacent to an activating group) is 1. The molecule has 1 atom stereocenters. The summed E-state index contributed by atoms with van der Waals surface area (Å²) < 4.78 is 10.9. The smallest absolute Gasteiger partial charge is 0.237 e. The van der Waals surface area contributed by atoms with Gasteiger partial charge in [-0.1, -0.05) is 18.0 Å². The lowest BCUT2D eigenvalue weighted by molar-refractivity contribution is -0.127. The number of benzene rings is 1. The number of rotatable bonds is 6.